The average Bonchev–Trinajstić information content (AvgIpc) is 3.02. The van der Waals surface area contributed by atoms with E-state index >= 15 is 0 Å². The molecule has 1 atom stereocenters. The van der Waals surface area contributed by atoms with Gasteiger partial charge in [0, 0.05) is 19.5 Å². The Kier molecular flexibility index (Phi) is 3.55. The number of fused-ring (bicyclic) bond motifs is 1. The first-order valence-electron chi connectivity index (χ1n) is 6.54. The van der Waals surface area contributed by atoms with Crippen molar-refractivity contribution in [2.75, 3.05) is 25.6 Å². The lowest BCUT2D eigenvalue weighted by molar-refractivity contribution is -0.127. The minimum atomic E-state index is 0.240. The standard InChI is InChI=1S/C14H17NO3S/c16-13-6-10(8-19)7-15(13)5-4-11-2-1-3-12-14(11)18-9-17-12/h1-3,10,19H,4-9H2. The lowest BCUT2D eigenvalue weighted by Gasteiger charge is -2.16. The molecule has 2 aliphatic heterocycles. The van der Waals surface area contributed by atoms with Crippen LogP contribution < -0.4 is 9.47 Å². The fourth-order valence-electron chi connectivity index (χ4n) is 2.64. The molecule has 1 aromatic rings. The van der Waals surface area contributed by atoms with Gasteiger partial charge < -0.3 is 14.4 Å². The van der Waals surface area contributed by atoms with Gasteiger partial charge in [-0.3, -0.25) is 4.79 Å². The van der Waals surface area contributed by atoms with Crippen LogP contribution in [0.25, 0.3) is 0 Å². The predicted octanol–water partition coefficient (Wildman–Crippen LogP) is 1.74. The molecule has 3 rings (SSSR count). The molecule has 0 radical (unpaired) electrons. The topological polar surface area (TPSA) is 38.8 Å². The summed E-state index contributed by atoms with van der Waals surface area (Å²) >= 11 is 4.27. The first-order valence-corrected chi connectivity index (χ1v) is 7.17. The number of hydrogen-bond donors (Lipinski definition) is 1. The number of ether oxygens (including phenoxy) is 2. The Morgan fingerprint density at radius 3 is 3.05 bits per heavy atom. The van der Waals surface area contributed by atoms with Crippen molar-refractivity contribution in [1.82, 2.24) is 4.90 Å². The molecule has 0 aliphatic carbocycles. The van der Waals surface area contributed by atoms with Crippen molar-refractivity contribution < 1.29 is 14.3 Å². The molecule has 0 bridgehead atoms. The maximum atomic E-state index is 11.8. The van der Waals surface area contributed by atoms with Gasteiger partial charge in [-0.25, -0.2) is 0 Å². The van der Waals surface area contributed by atoms with E-state index in [1.807, 2.05) is 23.1 Å². The molecule has 0 saturated carbocycles. The van der Waals surface area contributed by atoms with Gasteiger partial charge in [-0.15, -0.1) is 0 Å². The minimum Gasteiger partial charge on any atom is -0.454 e. The highest BCUT2D eigenvalue weighted by Gasteiger charge is 2.28. The molecule has 0 N–H and O–H groups in total. The quantitative estimate of drug-likeness (QED) is 0.853. The molecular weight excluding hydrogens is 262 g/mol. The molecule has 2 heterocycles. The van der Waals surface area contributed by atoms with Crippen LogP contribution in [0, 0.1) is 5.92 Å². The highest BCUT2D eigenvalue weighted by atomic mass is 32.1. The third kappa shape index (κ3) is 2.52. The third-order valence-corrected chi connectivity index (χ3v) is 4.20. The number of thiol groups is 1. The van der Waals surface area contributed by atoms with Crippen molar-refractivity contribution in [1.29, 1.82) is 0 Å². The number of likely N-dealkylation sites (tertiary alicyclic amines) is 1. The molecule has 4 nitrogen and oxygen atoms in total. The van der Waals surface area contributed by atoms with Gasteiger partial charge >= 0.3 is 0 Å². The van der Waals surface area contributed by atoms with Crippen LogP contribution in [-0.4, -0.2) is 36.4 Å². The van der Waals surface area contributed by atoms with Gasteiger partial charge in [0.25, 0.3) is 0 Å². The molecular formula is C14H17NO3S. The monoisotopic (exact) mass is 279 g/mol. The summed E-state index contributed by atoms with van der Waals surface area (Å²) < 4.78 is 10.8. The van der Waals surface area contributed by atoms with E-state index in [0.29, 0.717) is 12.3 Å². The molecule has 1 fully saturated rings. The normalized spacial score (nSPS) is 21.2. The molecule has 0 spiro atoms. The number of carbonyl (C=O) groups excluding carboxylic acids is 1. The Morgan fingerprint density at radius 2 is 2.26 bits per heavy atom. The number of benzene rings is 1. The lowest BCUT2D eigenvalue weighted by atomic mass is 10.1. The Balaban J connectivity index is 1.64. The van der Waals surface area contributed by atoms with Gasteiger partial charge in [-0.2, -0.15) is 12.6 Å². The van der Waals surface area contributed by atoms with E-state index in [2.05, 4.69) is 12.6 Å². The number of hydrogen-bond acceptors (Lipinski definition) is 4. The van der Waals surface area contributed by atoms with Crippen LogP contribution in [0.2, 0.25) is 0 Å². The van der Waals surface area contributed by atoms with Gasteiger partial charge in [0.1, 0.15) is 0 Å². The largest absolute Gasteiger partial charge is 0.454 e. The average molecular weight is 279 g/mol. The van der Waals surface area contributed by atoms with Crippen LogP contribution in [0.1, 0.15) is 12.0 Å². The van der Waals surface area contributed by atoms with Crippen LogP contribution in [0.15, 0.2) is 18.2 Å². The van der Waals surface area contributed by atoms with Crippen LogP contribution in [-0.2, 0) is 11.2 Å². The Morgan fingerprint density at radius 1 is 1.37 bits per heavy atom. The lowest BCUT2D eigenvalue weighted by Crippen LogP contribution is -2.27. The molecule has 1 unspecified atom stereocenters. The zero-order chi connectivity index (χ0) is 13.2. The second-order valence-electron chi connectivity index (χ2n) is 4.99. The van der Waals surface area contributed by atoms with E-state index in [4.69, 9.17) is 9.47 Å². The maximum Gasteiger partial charge on any atom is 0.231 e. The predicted molar refractivity (Wildman–Crippen MR) is 74.8 cm³/mol. The summed E-state index contributed by atoms with van der Waals surface area (Å²) in [5.41, 5.74) is 1.11. The van der Waals surface area contributed by atoms with Crippen molar-refractivity contribution in [3.05, 3.63) is 23.8 Å². The fraction of sp³-hybridized carbons (Fsp3) is 0.500. The van der Waals surface area contributed by atoms with Crippen molar-refractivity contribution >= 4 is 18.5 Å². The highest BCUT2D eigenvalue weighted by molar-refractivity contribution is 7.80. The van der Waals surface area contributed by atoms with Gasteiger partial charge in [0.15, 0.2) is 11.5 Å². The third-order valence-electron chi connectivity index (χ3n) is 3.68. The smallest absolute Gasteiger partial charge is 0.231 e. The van der Waals surface area contributed by atoms with Gasteiger partial charge in [0.05, 0.1) is 0 Å². The Hall–Kier alpha value is -1.36. The summed E-state index contributed by atoms with van der Waals surface area (Å²) in [6.07, 6.45) is 1.44. The summed E-state index contributed by atoms with van der Waals surface area (Å²) in [5, 5.41) is 0. The molecule has 5 heteroatoms. The van der Waals surface area contributed by atoms with E-state index < -0.39 is 0 Å². The Labute approximate surface area is 118 Å². The number of amides is 1. The van der Waals surface area contributed by atoms with Gasteiger partial charge in [-0.1, -0.05) is 12.1 Å². The molecule has 19 heavy (non-hydrogen) atoms. The molecule has 2 aliphatic rings. The maximum absolute atomic E-state index is 11.8. The summed E-state index contributed by atoms with van der Waals surface area (Å²) in [6.45, 7) is 1.86. The molecule has 1 amide bonds. The van der Waals surface area contributed by atoms with Crippen molar-refractivity contribution in [2.24, 2.45) is 5.92 Å². The molecule has 102 valence electrons. The van der Waals surface area contributed by atoms with E-state index in [1.165, 1.54) is 0 Å². The van der Waals surface area contributed by atoms with Crippen LogP contribution in [0.3, 0.4) is 0 Å². The van der Waals surface area contributed by atoms with E-state index in [1.54, 1.807) is 0 Å². The molecule has 0 aromatic heterocycles. The second kappa shape index (κ2) is 5.33. The van der Waals surface area contributed by atoms with Crippen molar-refractivity contribution in [3.8, 4) is 11.5 Å². The number of nitrogens with zero attached hydrogens (tertiary/aromatic N) is 1. The number of carbonyl (C=O) groups is 1. The van der Waals surface area contributed by atoms with Crippen molar-refractivity contribution in [3.63, 3.8) is 0 Å². The SMILES string of the molecule is O=C1CC(CS)CN1CCc1cccc2c1OCO2. The number of rotatable bonds is 4. The summed E-state index contributed by atoms with van der Waals surface area (Å²) in [6, 6.07) is 5.90. The highest BCUT2D eigenvalue weighted by Crippen LogP contribution is 2.35. The van der Waals surface area contributed by atoms with E-state index in [0.717, 1.165) is 42.3 Å². The van der Waals surface area contributed by atoms with Gasteiger partial charge in [0.2, 0.25) is 12.7 Å². The minimum absolute atomic E-state index is 0.240. The summed E-state index contributed by atoms with van der Waals surface area (Å²) in [7, 11) is 0. The zero-order valence-electron chi connectivity index (χ0n) is 10.7. The molecule has 1 aromatic carbocycles. The van der Waals surface area contributed by atoms with Crippen molar-refractivity contribution in [2.45, 2.75) is 12.8 Å². The first kappa shape index (κ1) is 12.7. The number of para-hydroxylation sites is 1. The van der Waals surface area contributed by atoms with E-state index in [9.17, 15) is 4.79 Å². The summed E-state index contributed by atoms with van der Waals surface area (Å²) in [5.74, 6) is 3.05. The fourth-order valence-corrected chi connectivity index (χ4v) is 2.88. The van der Waals surface area contributed by atoms with Gasteiger partial charge in [-0.05, 0) is 29.7 Å². The van der Waals surface area contributed by atoms with Crippen LogP contribution in [0.5, 0.6) is 11.5 Å². The first-order chi connectivity index (χ1) is 9.28. The Bertz CT molecular complexity index is 492. The second-order valence-corrected chi connectivity index (χ2v) is 5.36. The molecule has 1 saturated heterocycles. The summed E-state index contributed by atoms with van der Waals surface area (Å²) in [4.78, 5) is 13.8. The van der Waals surface area contributed by atoms with E-state index in [-0.39, 0.29) is 12.7 Å². The van der Waals surface area contributed by atoms with Crippen LogP contribution >= 0.6 is 12.6 Å². The van der Waals surface area contributed by atoms with Crippen LogP contribution in [0.4, 0.5) is 0 Å². The zero-order valence-corrected chi connectivity index (χ0v) is 11.6.